The number of rotatable bonds is 3. The van der Waals surface area contributed by atoms with E-state index in [0.29, 0.717) is 22.2 Å². The lowest BCUT2D eigenvalue weighted by Crippen LogP contribution is -2.15. The zero-order valence-electron chi connectivity index (χ0n) is 12.1. The van der Waals surface area contributed by atoms with Gasteiger partial charge in [-0.2, -0.15) is 0 Å². The molecule has 1 heterocycles. The molecular weight excluding hydrogens is 282 g/mol. The van der Waals surface area contributed by atoms with Crippen molar-refractivity contribution in [1.82, 2.24) is 9.97 Å². The Balaban J connectivity index is 2.54. The van der Waals surface area contributed by atoms with Crippen LogP contribution >= 0.6 is 11.8 Å². The Labute approximate surface area is 128 Å². The van der Waals surface area contributed by atoms with Gasteiger partial charge in [0.2, 0.25) is 0 Å². The molecule has 0 N–H and O–H groups in total. The number of aromatic nitrogens is 2. The number of carbonyl (C=O) groups excluding carboxylic acids is 1. The van der Waals surface area contributed by atoms with Gasteiger partial charge in [0.1, 0.15) is 11.5 Å². The smallest absolute Gasteiger partial charge is 0.190 e. The quantitative estimate of drug-likeness (QED) is 0.377. The summed E-state index contributed by atoms with van der Waals surface area (Å²) in [4.78, 5) is 21.9. The largest absolute Gasteiger partial charge is 0.362 e. The van der Waals surface area contributed by atoms with Crippen LogP contribution in [-0.2, 0) is 0 Å². The molecule has 21 heavy (non-hydrogen) atoms. The summed E-state index contributed by atoms with van der Waals surface area (Å²) in [6.45, 7) is 0. The molecule has 2 aromatic rings. The van der Waals surface area contributed by atoms with Gasteiger partial charge >= 0.3 is 0 Å². The van der Waals surface area contributed by atoms with E-state index in [2.05, 4.69) is 21.8 Å². The number of anilines is 1. The van der Waals surface area contributed by atoms with Crippen LogP contribution in [0.25, 0.3) is 0 Å². The van der Waals surface area contributed by atoms with Crippen molar-refractivity contribution in [3.05, 3.63) is 47.2 Å². The second-order valence-electron chi connectivity index (χ2n) is 4.42. The molecule has 0 bridgehead atoms. The van der Waals surface area contributed by atoms with Gasteiger partial charge in [0.05, 0.1) is 5.56 Å². The molecule has 106 valence electrons. The lowest BCUT2D eigenvalue weighted by molar-refractivity contribution is 0.112. The zero-order valence-corrected chi connectivity index (χ0v) is 12.9. The number of nitrogens with zero attached hydrogens (tertiary/aromatic N) is 3. The summed E-state index contributed by atoms with van der Waals surface area (Å²) in [7, 11) is 3.68. The highest BCUT2D eigenvalue weighted by atomic mass is 32.2. The normalized spacial score (nSPS) is 9.67. The molecule has 0 atom stereocenters. The van der Waals surface area contributed by atoms with E-state index in [9.17, 15) is 4.79 Å². The zero-order chi connectivity index (χ0) is 15.2. The van der Waals surface area contributed by atoms with Crippen molar-refractivity contribution < 1.29 is 4.79 Å². The maximum absolute atomic E-state index is 11.4. The number of hydrogen-bond acceptors (Lipinski definition) is 5. The maximum atomic E-state index is 11.4. The summed E-state index contributed by atoms with van der Waals surface area (Å²) < 4.78 is 0. The molecule has 2 rings (SSSR count). The fourth-order valence-electron chi connectivity index (χ4n) is 1.73. The van der Waals surface area contributed by atoms with Gasteiger partial charge in [-0.3, -0.25) is 4.79 Å². The average Bonchev–Trinajstić information content (AvgIpc) is 2.52. The summed E-state index contributed by atoms with van der Waals surface area (Å²) >= 11 is 1.42. The first-order valence-electron chi connectivity index (χ1n) is 6.31. The monoisotopic (exact) mass is 297 g/mol. The van der Waals surface area contributed by atoms with Gasteiger partial charge in [-0.25, -0.2) is 9.97 Å². The van der Waals surface area contributed by atoms with E-state index in [1.807, 2.05) is 50.7 Å². The van der Waals surface area contributed by atoms with Crippen LogP contribution in [0.4, 0.5) is 5.82 Å². The minimum Gasteiger partial charge on any atom is -0.362 e. The molecule has 1 aromatic carbocycles. The Morgan fingerprint density at radius 2 is 1.86 bits per heavy atom. The van der Waals surface area contributed by atoms with Crippen LogP contribution in [0.2, 0.25) is 0 Å². The second kappa shape index (κ2) is 6.91. The van der Waals surface area contributed by atoms with E-state index < -0.39 is 0 Å². The highest BCUT2D eigenvalue weighted by Gasteiger charge is 2.13. The van der Waals surface area contributed by atoms with Crippen LogP contribution in [0.15, 0.2) is 35.5 Å². The lowest BCUT2D eigenvalue weighted by Gasteiger charge is -2.14. The molecule has 0 aliphatic carbocycles. The second-order valence-corrected chi connectivity index (χ2v) is 5.20. The van der Waals surface area contributed by atoms with E-state index >= 15 is 0 Å². The Kier molecular flexibility index (Phi) is 4.96. The van der Waals surface area contributed by atoms with Crippen molar-refractivity contribution in [2.45, 2.75) is 5.16 Å². The summed E-state index contributed by atoms with van der Waals surface area (Å²) in [5, 5.41) is 0.599. The van der Waals surface area contributed by atoms with Crippen LogP contribution in [0.5, 0.6) is 0 Å². The van der Waals surface area contributed by atoms with Crippen LogP contribution in [0.1, 0.15) is 21.6 Å². The van der Waals surface area contributed by atoms with Gasteiger partial charge in [-0.1, -0.05) is 35.9 Å². The average molecular weight is 297 g/mol. The Hall–Kier alpha value is -2.32. The highest BCUT2D eigenvalue weighted by Crippen LogP contribution is 2.20. The van der Waals surface area contributed by atoms with Crippen molar-refractivity contribution in [3.63, 3.8) is 0 Å². The van der Waals surface area contributed by atoms with E-state index in [0.717, 1.165) is 11.8 Å². The van der Waals surface area contributed by atoms with Crippen molar-refractivity contribution in [2.24, 2.45) is 0 Å². The van der Waals surface area contributed by atoms with Gasteiger partial charge < -0.3 is 4.90 Å². The minimum atomic E-state index is 0.418. The first kappa shape index (κ1) is 15.1. The topological polar surface area (TPSA) is 46.1 Å². The van der Waals surface area contributed by atoms with Crippen molar-refractivity contribution in [1.29, 1.82) is 0 Å². The Morgan fingerprint density at radius 3 is 2.43 bits per heavy atom. The fourth-order valence-corrected chi connectivity index (χ4v) is 2.09. The summed E-state index contributed by atoms with van der Waals surface area (Å²) in [5.41, 5.74) is 1.75. The first-order valence-corrected chi connectivity index (χ1v) is 7.53. The lowest BCUT2D eigenvalue weighted by atomic mass is 10.2. The summed E-state index contributed by atoms with van der Waals surface area (Å²) in [5.74, 6) is 6.59. The van der Waals surface area contributed by atoms with E-state index in [4.69, 9.17) is 0 Å². The minimum absolute atomic E-state index is 0.418. The van der Waals surface area contributed by atoms with Gasteiger partial charge in [-0.05, 0) is 24.3 Å². The molecule has 0 saturated carbocycles. The molecule has 0 aliphatic rings. The Morgan fingerprint density at radius 1 is 1.14 bits per heavy atom. The third kappa shape index (κ3) is 3.61. The molecule has 0 fully saturated rings. The van der Waals surface area contributed by atoms with Gasteiger partial charge in [0, 0.05) is 19.7 Å². The molecule has 1 aromatic heterocycles. The van der Waals surface area contributed by atoms with Crippen LogP contribution < -0.4 is 4.90 Å². The molecule has 0 amide bonds. The predicted molar refractivity (Wildman–Crippen MR) is 85.9 cm³/mol. The molecular formula is C16H15N3OS. The third-order valence-electron chi connectivity index (χ3n) is 2.73. The highest BCUT2D eigenvalue weighted by molar-refractivity contribution is 7.98. The van der Waals surface area contributed by atoms with Gasteiger partial charge in [0.25, 0.3) is 0 Å². The molecule has 0 unspecified atom stereocenters. The molecule has 0 aliphatic heterocycles. The van der Waals surface area contributed by atoms with E-state index in [1.165, 1.54) is 11.8 Å². The number of hydrogen-bond donors (Lipinski definition) is 0. The number of aldehydes is 1. The van der Waals surface area contributed by atoms with Crippen LogP contribution in [0.3, 0.4) is 0 Å². The fraction of sp³-hybridized carbons (Fsp3) is 0.188. The van der Waals surface area contributed by atoms with Gasteiger partial charge in [0.15, 0.2) is 11.4 Å². The standard InChI is InChI=1S/C16H15N3OS/c1-19(2)15-13(11-20)14(17-16(18-15)21-3)10-9-12-7-5-4-6-8-12/h4-8,11H,1-3H3. The van der Waals surface area contributed by atoms with Crippen molar-refractivity contribution >= 4 is 23.9 Å². The summed E-state index contributed by atoms with van der Waals surface area (Å²) in [6, 6.07) is 9.60. The Bertz CT molecular complexity index is 703. The molecule has 0 saturated heterocycles. The van der Waals surface area contributed by atoms with Crippen LogP contribution in [-0.4, -0.2) is 36.6 Å². The van der Waals surface area contributed by atoms with E-state index in [-0.39, 0.29) is 0 Å². The van der Waals surface area contributed by atoms with Crippen LogP contribution in [0, 0.1) is 11.8 Å². The predicted octanol–water partition coefficient (Wildman–Crippen LogP) is 2.48. The SMILES string of the molecule is CSc1nc(C#Cc2ccccc2)c(C=O)c(N(C)C)n1. The number of benzene rings is 1. The first-order chi connectivity index (χ1) is 10.2. The maximum Gasteiger partial charge on any atom is 0.190 e. The van der Waals surface area contributed by atoms with Gasteiger partial charge in [-0.15, -0.1) is 0 Å². The molecule has 4 nitrogen and oxygen atoms in total. The number of thioether (sulfide) groups is 1. The van der Waals surface area contributed by atoms with Crippen molar-refractivity contribution in [2.75, 3.05) is 25.3 Å². The number of carbonyl (C=O) groups is 1. The third-order valence-corrected chi connectivity index (χ3v) is 3.28. The molecule has 0 radical (unpaired) electrons. The van der Waals surface area contributed by atoms with Crippen molar-refractivity contribution in [3.8, 4) is 11.8 Å². The molecule has 5 heteroatoms. The molecule has 0 spiro atoms. The summed E-state index contributed by atoms with van der Waals surface area (Å²) in [6.07, 6.45) is 2.65. The van der Waals surface area contributed by atoms with E-state index in [1.54, 1.807) is 4.90 Å².